The van der Waals surface area contributed by atoms with Gasteiger partial charge in [-0.1, -0.05) is 48.6 Å². The normalized spacial score (nSPS) is 14.1. The molecular formula is C26H24O2. The summed E-state index contributed by atoms with van der Waals surface area (Å²) < 4.78 is 10.9. The molecule has 0 saturated heterocycles. The quantitative estimate of drug-likeness (QED) is 0.556. The van der Waals surface area contributed by atoms with Crippen LogP contribution >= 0.6 is 0 Å². The monoisotopic (exact) mass is 368 g/mol. The van der Waals surface area contributed by atoms with Gasteiger partial charge in [-0.3, -0.25) is 0 Å². The number of rotatable bonds is 3. The Hall–Kier alpha value is -3.00. The first-order valence-electron chi connectivity index (χ1n) is 9.96. The third-order valence-electron chi connectivity index (χ3n) is 6.11. The molecule has 2 aliphatic rings. The van der Waals surface area contributed by atoms with Gasteiger partial charge in [0.1, 0.15) is 0 Å². The number of hydrogen-bond donors (Lipinski definition) is 0. The Labute approximate surface area is 166 Å². The Kier molecular flexibility index (Phi) is 4.20. The van der Waals surface area contributed by atoms with Crippen molar-refractivity contribution in [2.24, 2.45) is 0 Å². The minimum atomic E-state index is 0.765. The van der Waals surface area contributed by atoms with Crippen LogP contribution in [-0.4, -0.2) is 14.2 Å². The van der Waals surface area contributed by atoms with Crippen molar-refractivity contribution in [3.8, 4) is 33.8 Å². The molecule has 0 unspecified atom stereocenters. The largest absolute Gasteiger partial charge is 0.493 e. The number of ether oxygens (including phenoxy) is 2. The Morgan fingerprint density at radius 3 is 2.32 bits per heavy atom. The van der Waals surface area contributed by atoms with E-state index >= 15 is 0 Å². The van der Waals surface area contributed by atoms with Crippen LogP contribution in [0.2, 0.25) is 0 Å². The predicted octanol–water partition coefficient (Wildman–Crippen LogP) is 6.10. The molecule has 0 amide bonds. The number of hydrogen-bond acceptors (Lipinski definition) is 2. The fourth-order valence-electron chi connectivity index (χ4n) is 4.77. The van der Waals surface area contributed by atoms with E-state index in [-0.39, 0.29) is 0 Å². The highest BCUT2D eigenvalue weighted by atomic mass is 16.5. The molecule has 5 rings (SSSR count). The summed E-state index contributed by atoms with van der Waals surface area (Å²) in [7, 11) is 3.37. The van der Waals surface area contributed by atoms with E-state index in [4.69, 9.17) is 9.47 Å². The van der Waals surface area contributed by atoms with E-state index < -0.39 is 0 Å². The van der Waals surface area contributed by atoms with Gasteiger partial charge in [0.2, 0.25) is 0 Å². The number of allylic oxidation sites excluding steroid dienone is 1. The summed E-state index contributed by atoms with van der Waals surface area (Å²) in [4.78, 5) is 0. The van der Waals surface area contributed by atoms with Crippen LogP contribution in [0.3, 0.4) is 0 Å². The molecule has 0 atom stereocenters. The van der Waals surface area contributed by atoms with E-state index in [0.717, 1.165) is 30.8 Å². The maximum absolute atomic E-state index is 5.53. The van der Waals surface area contributed by atoms with E-state index in [0.29, 0.717) is 0 Å². The van der Waals surface area contributed by atoms with Crippen LogP contribution in [0.5, 0.6) is 11.5 Å². The minimum Gasteiger partial charge on any atom is -0.493 e. The SMILES string of the molecule is COc1ccc(-c2cccc3c2CCc2c-3ccc3c2CCC=C3)cc1OC. The molecule has 2 aliphatic carbocycles. The standard InChI is InChI=1S/C26H24O2/c1-27-25-15-11-18(16-26(25)28-2)20-8-5-9-21-23(20)14-13-22-19-7-4-3-6-17(19)10-12-24(21)22/h3,5-6,8-12,15-16H,4,7,13-14H2,1-2H3. The molecule has 3 aromatic rings. The van der Waals surface area contributed by atoms with Crippen molar-refractivity contribution in [1.82, 2.24) is 0 Å². The second-order valence-electron chi connectivity index (χ2n) is 7.50. The first-order chi connectivity index (χ1) is 13.8. The molecule has 0 aliphatic heterocycles. The van der Waals surface area contributed by atoms with E-state index in [1.165, 1.54) is 39.8 Å². The zero-order valence-electron chi connectivity index (χ0n) is 16.4. The molecule has 2 nitrogen and oxygen atoms in total. The highest BCUT2D eigenvalue weighted by Gasteiger charge is 2.23. The molecule has 0 bridgehead atoms. The van der Waals surface area contributed by atoms with Crippen molar-refractivity contribution in [2.45, 2.75) is 25.7 Å². The Morgan fingerprint density at radius 1 is 0.679 bits per heavy atom. The van der Waals surface area contributed by atoms with Crippen LogP contribution in [0.25, 0.3) is 28.3 Å². The Balaban J connectivity index is 1.66. The molecular weight excluding hydrogens is 344 g/mol. The molecule has 3 aromatic carbocycles. The topological polar surface area (TPSA) is 18.5 Å². The van der Waals surface area contributed by atoms with E-state index in [9.17, 15) is 0 Å². The van der Waals surface area contributed by atoms with Gasteiger partial charge < -0.3 is 9.47 Å². The molecule has 0 spiro atoms. The third kappa shape index (κ3) is 2.63. The molecule has 0 heterocycles. The van der Waals surface area contributed by atoms with Crippen molar-refractivity contribution in [1.29, 1.82) is 0 Å². The van der Waals surface area contributed by atoms with Gasteiger partial charge in [-0.15, -0.1) is 0 Å². The Bertz CT molecular complexity index is 1090. The average molecular weight is 368 g/mol. The summed E-state index contributed by atoms with van der Waals surface area (Å²) in [5.41, 5.74) is 11.2. The highest BCUT2D eigenvalue weighted by molar-refractivity contribution is 5.84. The van der Waals surface area contributed by atoms with E-state index in [1.807, 2.05) is 6.07 Å². The zero-order valence-corrected chi connectivity index (χ0v) is 16.4. The molecule has 0 aromatic heterocycles. The highest BCUT2D eigenvalue weighted by Crippen LogP contribution is 2.43. The summed E-state index contributed by atoms with van der Waals surface area (Å²) in [6.07, 6.45) is 9.09. The lowest BCUT2D eigenvalue weighted by molar-refractivity contribution is 0.355. The maximum Gasteiger partial charge on any atom is 0.161 e. The first kappa shape index (κ1) is 17.1. The number of benzene rings is 3. The summed E-state index contributed by atoms with van der Waals surface area (Å²) in [5.74, 6) is 1.54. The van der Waals surface area contributed by atoms with Gasteiger partial charge in [-0.25, -0.2) is 0 Å². The van der Waals surface area contributed by atoms with Gasteiger partial charge in [-0.05, 0) is 82.3 Å². The summed E-state index contributed by atoms with van der Waals surface area (Å²) in [6.45, 7) is 0. The number of methoxy groups -OCH3 is 2. The van der Waals surface area contributed by atoms with Crippen LogP contribution in [0, 0.1) is 0 Å². The Morgan fingerprint density at radius 2 is 1.46 bits per heavy atom. The minimum absolute atomic E-state index is 0.765. The van der Waals surface area contributed by atoms with Crippen molar-refractivity contribution in [2.75, 3.05) is 14.2 Å². The van der Waals surface area contributed by atoms with Crippen molar-refractivity contribution in [3.05, 3.63) is 76.9 Å². The van der Waals surface area contributed by atoms with Gasteiger partial charge in [-0.2, -0.15) is 0 Å². The lowest BCUT2D eigenvalue weighted by atomic mass is 9.77. The summed E-state index contributed by atoms with van der Waals surface area (Å²) in [6, 6.07) is 17.5. The first-order valence-corrected chi connectivity index (χ1v) is 9.96. The smallest absolute Gasteiger partial charge is 0.161 e. The van der Waals surface area contributed by atoms with Crippen LogP contribution in [0.4, 0.5) is 0 Å². The van der Waals surface area contributed by atoms with Gasteiger partial charge in [0.15, 0.2) is 11.5 Å². The fourth-order valence-corrected chi connectivity index (χ4v) is 4.77. The van der Waals surface area contributed by atoms with Crippen LogP contribution in [0.1, 0.15) is 28.7 Å². The molecule has 2 heteroatoms. The van der Waals surface area contributed by atoms with Crippen LogP contribution in [0.15, 0.2) is 54.6 Å². The fraction of sp³-hybridized carbons (Fsp3) is 0.231. The van der Waals surface area contributed by atoms with Gasteiger partial charge >= 0.3 is 0 Å². The van der Waals surface area contributed by atoms with Gasteiger partial charge in [0.25, 0.3) is 0 Å². The van der Waals surface area contributed by atoms with Crippen molar-refractivity contribution >= 4 is 6.08 Å². The van der Waals surface area contributed by atoms with Crippen LogP contribution in [-0.2, 0) is 19.3 Å². The summed E-state index contributed by atoms with van der Waals surface area (Å²) >= 11 is 0. The van der Waals surface area contributed by atoms with Crippen molar-refractivity contribution in [3.63, 3.8) is 0 Å². The van der Waals surface area contributed by atoms with Gasteiger partial charge in [0.05, 0.1) is 14.2 Å². The lowest BCUT2D eigenvalue weighted by Crippen LogP contribution is -2.10. The van der Waals surface area contributed by atoms with E-state index in [1.54, 1.807) is 25.3 Å². The van der Waals surface area contributed by atoms with E-state index in [2.05, 4.69) is 54.6 Å². The molecule has 0 fully saturated rings. The van der Waals surface area contributed by atoms with Crippen LogP contribution < -0.4 is 9.47 Å². The predicted molar refractivity (Wildman–Crippen MR) is 115 cm³/mol. The van der Waals surface area contributed by atoms with Crippen molar-refractivity contribution < 1.29 is 9.47 Å². The molecule has 140 valence electrons. The molecule has 0 saturated carbocycles. The third-order valence-corrected chi connectivity index (χ3v) is 6.11. The zero-order chi connectivity index (χ0) is 19.1. The lowest BCUT2D eigenvalue weighted by Gasteiger charge is -2.27. The number of fused-ring (bicyclic) bond motifs is 5. The van der Waals surface area contributed by atoms with Gasteiger partial charge in [0, 0.05) is 0 Å². The molecule has 0 N–H and O–H groups in total. The molecule has 0 radical (unpaired) electrons. The average Bonchev–Trinajstić information content (AvgIpc) is 2.77. The maximum atomic E-state index is 5.53. The second-order valence-corrected chi connectivity index (χ2v) is 7.50. The summed E-state index contributed by atoms with van der Waals surface area (Å²) in [5, 5.41) is 0. The second kappa shape index (κ2) is 6.87. The molecule has 28 heavy (non-hydrogen) atoms.